The minimum absolute atomic E-state index is 0.00664. The van der Waals surface area contributed by atoms with E-state index in [4.69, 9.17) is 4.98 Å². The molecular formula is C48H61F4N7O4. The number of benzene rings is 2. The first-order valence-electron chi connectivity index (χ1n) is 23.1. The molecule has 15 heteroatoms. The topological polar surface area (TPSA) is 132 Å². The van der Waals surface area contributed by atoms with E-state index >= 15 is 8.78 Å². The molecule has 340 valence electrons. The lowest BCUT2D eigenvalue weighted by Gasteiger charge is -2.35. The van der Waals surface area contributed by atoms with Gasteiger partial charge >= 0.3 is 0 Å². The summed E-state index contributed by atoms with van der Waals surface area (Å²) >= 11 is 0. The average Bonchev–Trinajstić information content (AvgIpc) is 3.64. The van der Waals surface area contributed by atoms with Crippen molar-refractivity contribution in [3.63, 3.8) is 0 Å². The van der Waals surface area contributed by atoms with Gasteiger partial charge in [-0.15, -0.1) is 0 Å². The summed E-state index contributed by atoms with van der Waals surface area (Å²) in [6.07, 6.45) is 4.53. The zero-order valence-electron chi connectivity index (χ0n) is 36.8. The number of likely N-dealkylation sites (N-methyl/N-ethyl adjacent to an activating group) is 1. The molecule has 4 fully saturated rings. The van der Waals surface area contributed by atoms with Gasteiger partial charge in [0, 0.05) is 60.7 Å². The number of hydrogen-bond acceptors (Lipinski definition) is 6. The minimum atomic E-state index is -1.32. The van der Waals surface area contributed by atoms with Crippen molar-refractivity contribution in [2.45, 2.75) is 141 Å². The number of rotatable bonds is 16. The molecule has 2 aliphatic heterocycles. The van der Waals surface area contributed by atoms with Gasteiger partial charge in [0.25, 0.3) is 0 Å². The van der Waals surface area contributed by atoms with E-state index in [0.29, 0.717) is 45.4 Å². The number of imidazole rings is 1. The minimum Gasteiger partial charge on any atom is -0.352 e. The number of Topliss-reactive ketones (excluding diaryl/α,β-unsaturated/α-hetero) is 1. The maximum Gasteiger partial charge on any atom is 0.245 e. The fraction of sp³-hybridized carbons (Fsp3) is 0.604. The van der Waals surface area contributed by atoms with Crippen molar-refractivity contribution >= 4 is 45.4 Å². The molecule has 8 rings (SSSR count). The van der Waals surface area contributed by atoms with E-state index in [1.807, 2.05) is 18.4 Å². The van der Waals surface area contributed by atoms with Gasteiger partial charge in [0.2, 0.25) is 17.7 Å². The van der Waals surface area contributed by atoms with Crippen LogP contribution in [0.5, 0.6) is 0 Å². The number of hydrogen-bond donors (Lipinski definition) is 3. The maximum atomic E-state index is 15.7. The molecule has 4 aliphatic rings. The van der Waals surface area contributed by atoms with Crippen molar-refractivity contribution in [3.05, 3.63) is 53.6 Å². The number of nitrogens with zero attached hydrogens (tertiary/aromatic N) is 4. The molecule has 4 heterocycles. The first-order chi connectivity index (χ1) is 30.2. The Morgan fingerprint density at radius 1 is 0.857 bits per heavy atom. The van der Waals surface area contributed by atoms with Crippen LogP contribution in [0.15, 0.2) is 36.4 Å². The van der Waals surface area contributed by atoms with Gasteiger partial charge in [-0.1, -0.05) is 33.1 Å². The molecule has 11 nitrogen and oxygen atoms in total. The Morgan fingerprint density at radius 2 is 1.52 bits per heavy atom. The lowest BCUT2D eigenvalue weighted by molar-refractivity contribution is -0.141. The third kappa shape index (κ3) is 9.40. The van der Waals surface area contributed by atoms with Crippen molar-refractivity contribution in [1.82, 2.24) is 35.0 Å². The summed E-state index contributed by atoms with van der Waals surface area (Å²) < 4.78 is 62.9. The third-order valence-electron chi connectivity index (χ3n) is 14.5. The normalized spacial score (nSPS) is 23.9. The van der Waals surface area contributed by atoms with Crippen molar-refractivity contribution in [3.8, 4) is 11.5 Å². The number of carbonyl (C=O) groups is 4. The third-order valence-corrected chi connectivity index (χ3v) is 14.5. The molecule has 0 bridgehead atoms. The summed E-state index contributed by atoms with van der Waals surface area (Å²) in [6.45, 7) is 5.32. The van der Waals surface area contributed by atoms with Crippen LogP contribution >= 0.6 is 0 Å². The first-order valence-corrected chi connectivity index (χ1v) is 23.1. The van der Waals surface area contributed by atoms with Crippen molar-refractivity contribution in [2.24, 2.45) is 23.7 Å². The molecule has 3 amide bonds. The van der Waals surface area contributed by atoms with E-state index in [-0.39, 0.29) is 86.6 Å². The molecule has 4 aromatic rings. The number of carbonyl (C=O) groups excluding carboxylic acids is 4. The Labute approximate surface area is 366 Å². The van der Waals surface area contributed by atoms with Gasteiger partial charge in [-0.2, -0.15) is 0 Å². The van der Waals surface area contributed by atoms with Crippen LogP contribution in [0, 0.1) is 35.3 Å². The van der Waals surface area contributed by atoms with Crippen LogP contribution < -0.4 is 10.6 Å². The average molecular weight is 876 g/mol. The Morgan fingerprint density at radius 3 is 2.21 bits per heavy atom. The van der Waals surface area contributed by atoms with Gasteiger partial charge in [0.15, 0.2) is 5.82 Å². The number of H-pyrrole nitrogens is 1. The van der Waals surface area contributed by atoms with Gasteiger partial charge in [-0.25, -0.2) is 22.5 Å². The van der Waals surface area contributed by atoms with Gasteiger partial charge in [-0.05, 0) is 100 Å². The van der Waals surface area contributed by atoms with Crippen LogP contribution in [-0.2, 0) is 32.1 Å². The highest BCUT2D eigenvalue weighted by molar-refractivity contribution is 5.93. The first kappa shape index (κ1) is 44.8. The highest BCUT2D eigenvalue weighted by atomic mass is 19.1. The Balaban J connectivity index is 1.16. The van der Waals surface area contributed by atoms with Crippen LogP contribution in [-0.4, -0.2) is 104 Å². The summed E-state index contributed by atoms with van der Waals surface area (Å²) in [5.41, 5.74) is 2.38. The lowest BCUT2D eigenvalue weighted by Crippen LogP contribution is -2.52. The van der Waals surface area contributed by atoms with Crippen LogP contribution in [0.3, 0.4) is 0 Å². The van der Waals surface area contributed by atoms with Gasteiger partial charge in [0.1, 0.15) is 35.8 Å². The fourth-order valence-corrected chi connectivity index (χ4v) is 10.4. The second kappa shape index (κ2) is 18.7. The van der Waals surface area contributed by atoms with E-state index in [1.165, 1.54) is 29.2 Å². The molecule has 2 saturated heterocycles. The highest BCUT2D eigenvalue weighted by Gasteiger charge is 2.46. The molecule has 8 atom stereocenters. The number of fused-ring (bicyclic) bond motifs is 2. The van der Waals surface area contributed by atoms with E-state index in [9.17, 15) is 28.0 Å². The number of amides is 3. The fourth-order valence-electron chi connectivity index (χ4n) is 10.4. The van der Waals surface area contributed by atoms with Crippen LogP contribution in [0.25, 0.3) is 33.5 Å². The monoisotopic (exact) mass is 875 g/mol. The van der Waals surface area contributed by atoms with Crippen LogP contribution in [0.1, 0.15) is 97.0 Å². The molecule has 2 aliphatic carbocycles. The Hall–Kier alpha value is -4.79. The van der Waals surface area contributed by atoms with Gasteiger partial charge in [0.05, 0.1) is 41.9 Å². The highest BCUT2D eigenvalue weighted by Crippen LogP contribution is 2.40. The second-order valence-corrected chi connectivity index (χ2v) is 18.8. The number of aromatic amines is 1. The molecule has 3 N–H and O–H groups in total. The number of ketones is 1. The quantitative estimate of drug-likeness (QED) is 0.0995. The van der Waals surface area contributed by atoms with Gasteiger partial charge < -0.3 is 30.0 Å². The van der Waals surface area contributed by atoms with E-state index in [2.05, 4.69) is 15.6 Å². The molecular weight excluding hydrogens is 815 g/mol. The predicted octanol–water partition coefficient (Wildman–Crippen LogP) is 7.59. The number of likely N-dealkylation sites (tertiary alicyclic amines) is 2. The summed E-state index contributed by atoms with van der Waals surface area (Å²) in [5, 5.41) is 6.60. The molecule has 0 radical (unpaired) electrons. The zero-order chi connectivity index (χ0) is 44.7. The molecule has 2 aromatic heterocycles. The SMILES string of the molecule is CC[C@@H](C)C(=O)N[C@H](C(=O)N1C[C@@H](F)C[C@H]1Cn1c(-c2[nH]c3cc(F)ccc3c2C[C@@H]2C[C@H](F)CN2C(=O)[C@@H](CC(=O)[C@H](C)NC)C2CCCCC2)nc2cc(F)ccc21)C1CC1. The summed E-state index contributed by atoms with van der Waals surface area (Å²) in [7, 11) is 1.71. The molecule has 63 heavy (non-hydrogen) atoms. The van der Waals surface area contributed by atoms with E-state index < -0.39 is 54.1 Å². The Kier molecular flexibility index (Phi) is 13.3. The molecule has 0 unspecified atom stereocenters. The van der Waals surface area contributed by atoms with Crippen LogP contribution in [0.4, 0.5) is 17.6 Å². The van der Waals surface area contributed by atoms with Gasteiger partial charge in [-0.3, -0.25) is 19.2 Å². The number of alkyl halides is 2. The molecule has 2 saturated carbocycles. The number of nitrogens with one attached hydrogen (secondary N) is 3. The van der Waals surface area contributed by atoms with Crippen molar-refractivity contribution < 1.29 is 36.7 Å². The molecule has 2 aromatic carbocycles. The summed E-state index contributed by atoms with van der Waals surface area (Å²) in [5.74, 6) is -2.43. The van der Waals surface area contributed by atoms with Crippen LogP contribution in [0.2, 0.25) is 0 Å². The predicted molar refractivity (Wildman–Crippen MR) is 233 cm³/mol. The largest absolute Gasteiger partial charge is 0.352 e. The summed E-state index contributed by atoms with van der Waals surface area (Å²) in [4.78, 5) is 66.9. The zero-order valence-corrected chi connectivity index (χ0v) is 36.8. The lowest BCUT2D eigenvalue weighted by atomic mass is 9.76. The number of aromatic nitrogens is 3. The smallest absolute Gasteiger partial charge is 0.245 e. The van der Waals surface area contributed by atoms with E-state index in [1.54, 1.807) is 31.0 Å². The van der Waals surface area contributed by atoms with Crippen molar-refractivity contribution in [2.75, 3.05) is 20.1 Å². The number of halogens is 4. The maximum absolute atomic E-state index is 15.7. The second-order valence-electron chi connectivity index (χ2n) is 18.8. The summed E-state index contributed by atoms with van der Waals surface area (Å²) in [6, 6.07) is 6.06. The molecule has 0 spiro atoms. The van der Waals surface area contributed by atoms with Crippen molar-refractivity contribution in [1.29, 1.82) is 0 Å². The van der Waals surface area contributed by atoms with E-state index in [0.717, 1.165) is 44.9 Å². The Bertz CT molecular complexity index is 2340. The standard InChI is InChI=1S/C48H61F4N7O4/c1-5-26(2)46(61)56-43(29-11-12-29)48(63)58-24-33(52)18-35(58)25-59-41-16-14-31(50)20-40(41)55-45(59)44-38(36-15-13-30(49)19-39(36)54-44)21-34-17-32(51)23-57(34)47(62)37(22-42(60)27(3)53-4)28-9-7-6-8-10-28/h13-16,19-20,26-29,32-35,37,43,53-54H,5-12,17-18,21-25H2,1-4H3,(H,56,61)/t26-,27+,32+,33+,34+,35+,37+,43+/m1/s1.